The largest absolute Gasteiger partial charge is 0.417 e. The van der Waals surface area contributed by atoms with Gasteiger partial charge in [-0.05, 0) is 24.5 Å². The maximum Gasteiger partial charge on any atom is 0.417 e. The maximum absolute atomic E-state index is 11.1. The fourth-order valence-electron chi connectivity index (χ4n) is 1.98. The van der Waals surface area contributed by atoms with E-state index in [4.69, 9.17) is 4.42 Å². The van der Waals surface area contributed by atoms with Gasteiger partial charge in [0, 0.05) is 32.0 Å². The molecule has 0 aliphatic rings. The number of aromatic nitrogens is 1. The van der Waals surface area contributed by atoms with Crippen molar-refractivity contribution in [2.75, 3.05) is 25.1 Å². The summed E-state index contributed by atoms with van der Waals surface area (Å²) in [6.07, 6.45) is 0.933. The summed E-state index contributed by atoms with van der Waals surface area (Å²) in [5.74, 6) is -0.185. The Labute approximate surface area is 105 Å². The van der Waals surface area contributed by atoms with E-state index in [1.165, 1.54) is 0 Å². The highest BCUT2D eigenvalue weighted by molar-refractivity contribution is 5.76. The van der Waals surface area contributed by atoms with E-state index in [1.807, 2.05) is 25.2 Å². The molecule has 1 aromatic heterocycles. The third kappa shape index (κ3) is 2.56. The minimum Gasteiger partial charge on any atom is -0.408 e. The van der Waals surface area contributed by atoms with Crippen LogP contribution < -0.4 is 10.7 Å². The normalized spacial score (nSPS) is 12.8. The van der Waals surface area contributed by atoms with E-state index in [-0.39, 0.29) is 12.5 Å². The molecule has 1 heterocycles. The predicted octanol–water partition coefficient (Wildman–Crippen LogP) is 1.58. The zero-order valence-corrected chi connectivity index (χ0v) is 10.6. The Balaban J connectivity index is 2.21. The van der Waals surface area contributed by atoms with Gasteiger partial charge in [-0.3, -0.25) is 4.98 Å². The molecule has 5 heteroatoms. The number of hydrogen-bond acceptors (Lipinski definition) is 4. The fraction of sp³-hybridized carbons (Fsp3) is 0.462. The molecule has 1 unspecified atom stereocenters. The third-order valence-electron chi connectivity index (χ3n) is 3.21. The molecule has 1 aromatic carbocycles. The molecule has 98 valence electrons. The molecule has 0 spiro atoms. The van der Waals surface area contributed by atoms with Crippen molar-refractivity contribution < 1.29 is 9.52 Å². The molecule has 0 fully saturated rings. The fourth-order valence-corrected chi connectivity index (χ4v) is 1.98. The number of nitrogens with zero attached hydrogens (tertiary/aromatic N) is 1. The lowest BCUT2D eigenvalue weighted by atomic mass is 10.1. The van der Waals surface area contributed by atoms with Gasteiger partial charge in [0.2, 0.25) is 0 Å². The van der Waals surface area contributed by atoms with Crippen molar-refractivity contribution in [1.82, 2.24) is 4.98 Å². The van der Waals surface area contributed by atoms with E-state index in [0.29, 0.717) is 11.1 Å². The van der Waals surface area contributed by atoms with Crippen LogP contribution in [0.25, 0.3) is 11.1 Å². The predicted molar refractivity (Wildman–Crippen MR) is 71.0 cm³/mol. The van der Waals surface area contributed by atoms with Gasteiger partial charge in [-0.1, -0.05) is 6.92 Å². The summed E-state index contributed by atoms with van der Waals surface area (Å²) in [5.41, 5.74) is 2.23. The smallest absolute Gasteiger partial charge is 0.408 e. The molecule has 0 aliphatic heterocycles. The summed E-state index contributed by atoms with van der Waals surface area (Å²) in [5, 5.41) is 9.21. The molecular formula is C13H18N2O3. The molecular weight excluding hydrogens is 232 g/mol. The van der Waals surface area contributed by atoms with E-state index in [1.54, 1.807) is 0 Å². The molecule has 0 saturated heterocycles. The summed E-state index contributed by atoms with van der Waals surface area (Å²) in [7, 11) is 1.96. The van der Waals surface area contributed by atoms with Gasteiger partial charge in [0.15, 0.2) is 5.58 Å². The highest BCUT2D eigenvalue weighted by atomic mass is 16.4. The summed E-state index contributed by atoms with van der Waals surface area (Å²) >= 11 is 0. The molecule has 0 aliphatic carbocycles. The van der Waals surface area contributed by atoms with Crippen LogP contribution >= 0.6 is 0 Å². The first-order valence-electron chi connectivity index (χ1n) is 6.09. The third-order valence-corrected chi connectivity index (χ3v) is 3.21. The number of hydrogen-bond donors (Lipinski definition) is 2. The first kappa shape index (κ1) is 12.7. The standard InChI is InChI=1S/C13H18N2O3/c1-3-9(8-16)7-15(2)10-4-5-11-12(6-10)18-13(17)14-11/h4-6,9,16H,3,7-8H2,1-2H3,(H,14,17). The first-order valence-corrected chi connectivity index (χ1v) is 6.09. The van der Waals surface area contributed by atoms with Crippen molar-refractivity contribution in [3.63, 3.8) is 0 Å². The van der Waals surface area contributed by atoms with Crippen LogP contribution in [-0.4, -0.2) is 30.3 Å². The summed E-state index contributed by atoms with van der Waals surface area (Å²) < 4.78 is 5.03. The van der Waals surface area contributed by atoms with E-state index in [9.17, 15) is 9.90 Å². The molecule has 2 rings (SSSR count). The second-order valence-corrected chi connectivity index (χ2v) is 4.53. The number of nitrogens with one attached hydrogen (secondary N) is 1. The highest BCUT2D eigenvalue weighted by Gasteiger charge is 2.10. The van der Waals surface area contributed by atoms with Crippen LogP contribution in [0.15, 0.2) is 27.4 Å². The van der Waals surface area contributed by atoms with Gasteiger partial charge < -0.3 is 14.4 Å². The molecule has 1 atom stereocenters. The van der Waals surface area contributed by atoms with Crippen LogP contribution in [0.4, 0.5) is 5.69 Å². The van der Waals surface area contributed by atoms with Crippen molar-refractivity contribution >= 4 is 16.8 Å². The molecule has 0 amide bonds. The molecule has 0 saturated carbocycles. The molecule has 5 nitrogen and oxygen atoms in total. The second kappa shape index (κ2) is 5.27. The van der Waals surface area contributed by atoms with Gasteiger partial charge in [0.05, 0.1) is 5.52 Å². The zero-order valence-electron chi connectivity index (χ0n) is 10.6. The van der Waals surface area contributed by atoms with Crippen LogP contribution in [0, 0.1) is 5.92 Å². The number of oxazole rings is 1. The lowest BCUT2D eigenvalue weighted by Gasteiger charge is -2.23. The Hall–Kier alpha value is -1.75. The molecule has 0 bridgehead atoms. The monoisotopic (exact) mass is 250 g/mol. The van der Waals surface area contributed by atoms with E-state index in [2.05, 4.69) is 16.8 Å². The lowest BCUT2D eigenvalue weighted by Crippen LogP contribution is -2.26. The first-order chi connectivity index (χ1) is 8.63. The SMILES string of the molecule is CCC(CO)CN(C)c1ccc2[nH]c(=O)oc2c1. The van der Waals surface area contributed by atoms with Crippen molar-refractivity contribution in [2.24, 2.45) is 5.92 Å². The molecule has 0 radical (unpaired) electrons. The molecule has 18 heavy (non-hydrogen) atoms. The van der Waals surface area contributed by atoms with E-state index < -0.39 is 5.76 Å². The highest BCUT2D eigenvalue weighted by Crippen LogP contribution is 2.20. The van der Waals surface area contributed by atoms with Gasteiger partial charge in [0.1, 0.15) is 0 Å². The summed E-state index contributed by atoms with van der Waals surface area (Å²) in [4.78, 5) is 15.7. The Morgan fingerprint density at radius 1 is 1.50 bits per heavy atom. The van der Waals surface area contributed by atoms with Gasteiger partial charge >= 0.3 is 5.76 Å². The van der Waals surface area contributed by atoms with Crippen molar-refractivity contribution in [2.45, 2.75) is 13.3 Å². The second-order valence-electron chi connectivity index (χ2n) is 4.53. The summed E-state index contributed by atoms with van der Waals surface area (Å²) in [6, 6.07) is 5.58. The number of anilines is 1. The number of H-pyrrole nitrogens is 1. The average molecular weight is 250 g/mol. The van der Waals surface area contributed by atoms with Crippen LogP contribution in [0.3, 0.4) is 0 Å². The Bertz CT molecular complexity index is 569. The van der Waals surface area contributed by atoms with Crippen LogP contribution in [0.1, 0.15) is 13.3 Å². The Morgan fingerprint density at radius 3 is 2.94 bits per heavy atom. The van der Waals surface area contributed by atoms with Crippen molar-refractivity contribution in [1.29, 1.82) is 0 Å². The molecule has 2 aromatic rings. The zero-order chi connectivity index (χ0) is 13.1. The van der Waals surface area contributed by atoms with E-state index >= 15 is 0 Å². The Morgan fingerprint density at radius 2 is 2.28 bits per heavy atom. The number of aliphatic hydroxyl groups is 1. The Kier molecular flexibility index (Phi) is 3.72. The minimum atomic E-state index is -0.438. The number of rotatable bonds is 5. The maximum atomic E-state index is 11.1. The van der Waals surface area contributed by atoms with Gasteiger partial charge in [-0.2, -0.15) is 0 Å². The van der Waals surface area contributed by atoms with Crippen LogP contribution in [-0.2, 0) is 0 Å². The number of benzene rings is 1. The molecule has 2 N–H and O–H groups in total. The summed E-state index contributed by atoms with van der Waals surface area (Å²) in [6.45, 7) is 3.01. The van der Waals surface area contributed by atoms with Gasteiger partial charge in [0.25, 0.3) is 0 Å². The van der Waals surface area contributed by atoms with Crippen LogP contribution in [0.2, 0.25) is 0 Å². The number of aromatic amines is 1. The van der Waals surface area contributed by atoms with Gasteiger partial charge in [-0.15, -0.1) is 0 Å². The average Bonchev–Trinajstić information content (AvgIpc) is 2.74. The quantitative estimate of drug-likeness (QED) is 0.845. The topological polar surface area (TPSA) is 69.5 Å². The van der Waals surface area contributed by atoms with E-state index in [0.717, 1.165) is 18.7 Å². The van der Waals surface area contributed by atoms with Crippen molar-refractivity contribution in [3.05, 3.63) is 28.7 Å². The number of fused-ring (bicyclic) bond motifs is 1. The minimum absolute atomic E-state index is 0.183. The number of aliphatic hydroxyl groups excluding tert-OH is 1. The van der Waals surface area contributed by atoms with Crippen molar-refractivity contribution in [3.8, 4) is 0 Å². The van der Waals surface area contributed by atoms with Gasteiger partial charge in [-0.25, -0.2) is 4.79 Å². The van der Waals surface area contributed by atoms with Crippen LogP contribution in [0.5, 0.6) is 0 Å². The lowest BCUT2D eigenvalue weighted by molar-refractivity contribution is 0.225.